The van der Waals surface area contributed by atoms with Crippen molar-refractivity contribution < 1.29 is 4.79 Å². The molecule has 4 rings (SSSR count). The Balaban J connectivity index is 1.50. The van der Waals surface area contributed by atoms with E-state index in [1.807, 2.05) is 13.0 Å². The van der Waals surface area contributed by atoms with Crippen LogP contribution in [-0.4, -0.2) is 40.0 Å². The summed E-state index contributed by atoms with van der Waals surface area (Å²) in [7, 11) is 0. The van der Waals surface area contributed by atoms with Crippen LogP contribution >= 0.6 is 0 Å². The second kappa shape index (κ2) is 8.23. The van der Waals surface area contributed by atoms with Crippen molar-refractivity contribution in [2.24, 2.45) is 5.92 Å². The van der Waals surface area contributed by atoms with Crippen LogP contribution in [-0.2, 0) is 4.79 Å². The Labute approximate surface area is 171 Å². The molecule has 1 amide bonds. The molecular weight excluding hydrogens is 366 g/mol. The Hall–Kier alpha value is -2.90. The molecule has 3 heterocycles. The topological polar surface area (TPSA) is 123 Å². The van der Waals surface area contributed by atoms with E-state index >= 15 is 0 Å². The van der Waals surface area contributed by atoms with Crippen molar-refractivity contribution in [3.05, 3.63) is 24.0 Å². The van der Waals surface area contributed by atoms with Gasteiger partial charge in [-0.1, -0.05) is 12.8 Å². The number of nitrogens with one attached hydrogen (secondary N) is 1. The highest BCUT2D eigenvalue weighted by molar-refractivity contribution is 5.81. The van der Waals surface area contributed by atoms with E-state index in [1.165, 1.54) is 12.8 Å². The smallest absolute Gasteiger partial charge is 0.223 e. The molecule has 2 aromatic heterocycles. The van der Waals surface area contributed by atoms with E-state index in [0.717, 1.165) is 61.4 Å². The summed E-state index contributed by atoms with van der Waals surface area (Å²) in [4.78, 5) is 27.9. The first-order valence-electron chi connectivity index (χ1n) is 10.4. The summed E-state index contributed by atoms with van der Waals surface area (Å²) in [5, 5.41) is 3.24. The molecule has 8 heteroatoms. The normalized spacial score (nSPS) is 18.2. The minimum absolute atomic E-state index is 0.0637. The summed E-state index contributed by atoms with van der Waals surface area (Å²) < 4.78 is 0. The Morgan fingerprint density at radius 2 is 1.83 bits per heavy atom. The molecule has 1 saturated heterocycles. The largest absolute Gasteiger partial charge is 0.384 e. The zero-order valence-electron chi connectivity index (χ0n) is 16.9. The van der Waals surface area contributed by atoms with Gasteiger partial charge in [0, 0.05) is 42.4 Å². The average Bonchev–Trinajstić information content (AvgIpc) is 3.21. The Bertz CT molecular complexity index is 869. The third-order valence-corrected chi connectivity index (χ3v) is 6.03. The molecule has 1 aliphatic carbocycles. The number of hydrogen-bond acceptors (Lipinski definition) is 7. The average molecular weight is 396 g/mol. The van der Waals surface area contributed by atoms with Crippen LogP contribution in [0.2, 0.25) is 0 Å². The lowest BCUT2D eigenvalue weighted by atomic mass is 9.94. The second-order valence-corrected chi connectivity index (χ2v) is 8.09. The van der Waals surface area contributed by atoms with E-state index in [4.69, 9.17) is 11.5 Å². The van der Waals surface area contributed by atoms with Gasteiger partial charge in [-0.25, -0.2) is 9.97 Å². The lowest BCUT2D eigenvalue weighted by Gasteiger charge is -2.34. The van der Waals surface area contributed by atoms with Crippen LogP contribution in [0.4, 0.5) is 17.6 Å². The van der Waals surface area contributed by atoms with Gasteiger partial charge >= 0.3 is 0 Å². The standard InChI is InChI=1S/C21H29N7O/c1-13-18(15-6-7-17(22)24-12-15)19(27-21(23)25-13)28-10-8-14(9-11-28)20(29)26-16-4-2-3-5-16/h6-7,12,14,16H,2-5,8-11H2,1H3,(H2,22,24)(H,26,29)(H2,23,25,27). The number of hydrogen-bond donors (Lipinski definition) is 3. The zero-order chi connectivity index (χ0) is 20.4. The van der Waals surface area contributed by atoms with Crippen molar-refractivity contribution in [1.29, 1.82) is 0 Å². The maximum Gasteiger partial charge on any atom is 0.223 e. The van der Waals surface area contributed by atoms with Gasteiger partial charge in [0.1, 0.15) is 11.6 Å². The number of nitrogens with zero attached hydrogens (tertiary/aromatic N) is 4. The number of anilines is 3. The monoisotopic (exact) mass is 395 g/mol. The predicted molar refractivity (Wildman–Crippen MR) is 114 cm³/mol. The van der Waals surface area contributed by atoms with Crippen LogP contribution in [0.1, 0.15) is 44.2 Å². The van der Waals surface area contributed by atoms with Crippen LogP contribution in [0.3, 0.4) is 0 Å². The summed E-state index contributed by atoms with van der Waals surface area (Å²) in [6.07, 6.45) is 8.03. The van der Waals surface area contributed by atoms with Crippen molar-refractivity contribution >= 4 is 23.5 Å². The van der Waals surface area contributed by atoms with Crippen LogP contribution in [0.5, 0.6) is 0 Å². The van der Waals surface area contributed by atoms with Crippen LogP contribution in [0.25, 0.3) is 11.1 Å². The molecule has 0 bridgehead atoms. The van der Waals surface area contributed by atoms with Gasteiger partial charge < -0.3 is 21.7 Å². The van der Waals surface area contributed by atoms with Crippen molar-refractivity contribution in [2.45, 2.75) is 51.5 Å². The van der Waals surface area contributed by atoms with Gasteiger partial charge in [-0.2, -0.15) is 4.98 Å². The molecule has 154 valence electrons. The molecule has 8 nitrogen and oxygen atoms in total. The van der Waals surface area contributed by atoms with Gasteiger partial charge in [0.05, 0.1) is 5.69 Å². The first kappa shape index (κ1) is 19.4. The quantitative estimate of drug-likeness (QED) is 0.725. The first-order valence-corrected chi connectivity index (χ1v) is 10.4. The number of aryl methyl sites for hydroxylation is 1. The van der Waals surface area contributed by atoms with Crippen LogP contribution < -0.4 is 21.7 Å². The van der Waals surface area contributed by atoms with Gasteiger partial charge in [0.2, 0.25) is 11.9 Å². The minimum Gasteiger partial charge on any atom is -0.384 e. The van der Waals surface area contributed by atoms with E-state index in [-0.39, 0.29) is 17.8 Å². The van der Waals surface area contributed by atoms with Gasteiger partial charge in [-0.3, -0.25) is 4.79 Å². The molecule has 29 heavy (non-hydrogen) atoms. The highest BCUT2D eigenvalue weighted by Crippen LogP contribution is 2.34. The molecule has 0 unspecified atom stereocenters. The third-order valence-electron chi connectivity index (χ3n) is 6.03. The van der Waals surface area contributed by atoms with Crippen LogP contribution in [0.15, 0.2) is 18.3 Å². The molecule has 1 aliphatic heterocycles. The molecule has 5 N–H and O–H groups in total. The molecule has 1 saturated carbocycles. The Kier molecular flexibility index (Phi) is 5.51. The molecule has 0 spiro atoms. The third kappa shape index (κ3) is 4.26. The van der Waals surface area contributed by atoms with E-state index in [0.29, 0.717) is 11.9 Å². The summed E-state index contributed by atoms with van der Waals surface area (Å²) >= 11 is 0. The second-order valence-electron chi connectivity index (χ2n) is 8.09. The Morgan fingerprint density at radius 1 is 1.10 bits per heavy atom. The van der Waals surface area contributed by atoms with Gasteiger partial charge in [-0.15, -0.1) is 0 Å². The highest BCUT2D eigenvalue weighted by Gasteiger charge is 2.29. The maximum atomic E-state index is 12.6. The lowest BCUT2D eigenvalue weighted by Crippen LogP contribution is -2.43. The van der Waals surface area contributed by atoms with E-state index in [1.54, 1.807) is 12.3 Å². The number of nitrogens with two attached hydrogens (primary N) is 2. The Morgan fingerprint density at radius 3 is 2.48 bits per heavy atom. The van der Waals surface area contributed by atoms with Gasteiger partial charge in [0.15, 0.2) is 0 Å². The fraction of sp³-hybridized carbons (Fsp3) is 0.524. The van der Waals surface area contributed by atoms with Gasteiger partial charge in [-0.05, 0) is 44.7 Å². The molecule has 0 atom stereocenters. The molecule has 2 aliphatic rings. The molecular formula is C21H29N7O. The molecule has 2 fully saturated rings. The number of nitrogen functional groups attached to an aromatic ring is 2. The summed E-state index contributed by atoms with van der Waals surface area (Å²) in [6.45, 7) is 3.44. The summed E-state index contributed by atoms with van der Waals surface area (Å²) in [5.74, 6) is 1.80. The van der Waals surface area contributed by atoms with Crippen molar-refractivity contribution in [3.8, 4) is 11.1 Å². The number of carbonyl (C=O) groups is 1. The maximum absolute atomic E-state index is 12.6. The highest BCUT2D eigenvalue weighted by atomic mass is 16.1. The summed E-state index contributed by atoms with van der Waals surface area (Å²) in [5.41, 5.74) is 14.3. The number of rotatable bonds is 4. The molecule has 0 radical (unpaired) electrons. The first-order chi connectivity index (χ1) is 14.0. The minimum atomic E-state index is 0.0637. The van der Waals surface area contributed by atoms with Crippen molar-refractivity contribution in [1.82, 2.24) is 20.3 Å². The number of amides is 1. The fourth-order valence-corrected chi connectivity index (χ4v) is 4.44. The molecule has 0 aromatic carbocycles. The predicted octanol–water partition coefficient (Wildman–Crippen LogP) is 2.29. The van der Waals surface area contributed by atoms with Crippen molar-refractivity contribution in [2.75, 3.05) is 29.5 Å². The molecule has 2 aromatic rings. The van der Waals surface area contributed by atoms with E-state index in [9.17, 15) is 4.79 Å². The van der Waals surface area contributed by atoms with E-state index < -0.39 is 0 Å². The zero-order valence-corrected chi connectivity index (χ0v) is 16.9. The van der Waals surface area contributed by atoms with Crippen LogP contribution in [0, 0.1) is 12.8 Å². The van der Waals surface area contributed by atoms with E-state index in [2.05, 4.69) is 25.2 Å². The number of piperidine rings is 1. The number of pyridine rings is 1. The number of carbonyl (C=O) groups excluding carboxylic acids is 1. The van der Waals surface area contributed by atoms with Crippen molar-refractivity contribution in [3.63, 3.8) is 0 Å². The lowest BCUT2D eigenvalue weighted by molar-refractivity contribution is -0.126. The summed E-state index contributed by atoms with van der Waals surface area (Å²) in [6, 6.07) is 4.07. The SMILES string of the molecule is Cc1nc(N)nc(N2CCC(C(=O)NC3CCCC3)CC2)c1-c1ccc(N)nc1. The number of aromatic nitrogens is 3. The van der Waals surface area contributed by atoms with Gasteiger partial charge in [0.25, 0.3) is 0 Å². The fourth-order valence-electron chi connectivity index (χ4n) is 4.44.